The fourth-order valence-corrected chi connectivity index (χ4v) is 4.33. The van der Waals surface area contributed by atoms with Crippen molar-refractivity contribution in [2.45, 2.75) is 44.8 Å². The van der Waals surface area contributed by atoms with Crippen LogP contribution in [-0.4, -0.2) is 107 Å². The minimum atomic E-state index is -0.167. The molecule has 13 heteroatoms. The maximum atomic E-state index is 11.4. The van der Waals surface area contributed by atoms with Gasteiger partial charge < -0.3 is 35.0 Å². The van der Waals surface area contributed by atoms with E-state index in [-0.39, 0.29) is 12.6 Å². The number of aliphatic hydroxyl groups excluding tert-OH is 1. The lowest BCUT2D eigenvalue weighted by Crippen LogP contribution is -2.40. The lowest BCUT2D eigenvalue weighted by Gasteiger charge is -2.33. The topological polar surface area (TPSA) is 143 Å². The van der Waals surface area contributed by atoms with Gasteiger partial charge in [-0.3, -0.25) is 9.48 Å². The van der Waals surface area contributed by atoms with Crippen molar-refractivity contribution in [2.75, 3.05) is 75.2 Å². The second-order valence-electron chi connectivity index (χ2n) is 9.02. The largest absolute Gasteiger partial charge is 0.469 e. The first-order chi connectivity index (χ1) is 17.6. The molecule has 0 amide bonds. The predicted molar refractivity (Wildman–Crippen MR) is 134 cm³/mol. The fourth-order valence-electron chi connectivity index (χ4n) is 4.33. The molecule has 2 aromatic heterocycles. The second kappa shape index (κ2) is 13.3. The van der Waals surface area contributed by atoms with Crippen LogP contribution in [0.25, 0.3) is 0 Å². The van der Waals surface area contributed by atoms with Gasteiger partial charge >= 0.3 is 5.97 Å². The molecule has 0 aromatic carbocycles. The van der Waals surface area contributed by atoms with Crippen molar-refractivity contribution >= 4 is 23.6 Å². The second-order valence-corrected chi connectivity index (χ2v) is 9.02. The number of aromatic nitrogens is 5. The number of piperidine rings is 1. The zero-order valence-electron chi connectivity index (χ0n) is 20.9. The zero-order chi connectivity index (χ0) is 25.2. The van der Waals surface area contributed by atoms with E-state index < -0.39 is 0 Å². The number of aryl methyl sites for hydroxylation is 1. The minimum absolute atomic E-state index is 0.123. The summed E-state index contributed by atoms with van der Waals surface area (Å²) in [4.78, 5) is 25.4. The first kappa shape index (κ1) is 26.0. The molecule has 0 radical (unpaired) electrons. The van der Waals surface area contributed by atoms with Crippen LogP contribution >= 0.6 is 0 Å². The Kier molecular flexibility index (Phi) is 9.64. The quantitative estimate of drug-likeness (QED) is 0.344. The minimum Gasteiger partial charge on any atom is -0.469 e. The summed E-state index contributed by atoms with van der Waals surface area (Å²) in [5, 5.41) is 24.2. The van der Waals surface area contributed by atoms with Gasteiger partial charge in [0, 0.05) is 58.0 Å². The number of hydrogen-bond acceptors (Lipinski definition) is 12. The van der Waals surface area contributed by atoms with E-state index in [1.165, 1.54) is 7.11 Å². The number of carbonyl (C=O) groups excluding carboxylic acids is 1. The van der Waals surface area contributed by atoms with Crippen molar-refractivity contribution in [3.05, 3.63) is 18.0 Å². The van der Waals surface area contributed by atoms with E-state index in [0.29, 0.717) is 51.1 Å². The number of hydrogen-bond donors (Lipinski definition) is 3. The molecule has 2 aliphatic rings. The van der Waals surface area contributed by atoms with Crippen molar-refractivity contribution in [3.8, 4) is 0 Å². The monoisotopic (exact) mass is 503 g/mol. The van der Waals surface area contributed by atoms with Gasteiger partial charge in [-0.15, -0.1) is 5.10 Å². The van der Waals surface area contributed by atoms with Gasteiger partial charge in [0.15, 0.2) is 0 Å². The van der Waals surface area contributed by atoms with Crippen molar-refractivity contribution < 1.29 is 19.4 Å². The fraction of sp³-hybridized carbons (Fsp3) is 0.696. The Morgan fingerprint density at radius 1 is 1.19 bits per heavy atom. The predicted octanol–water partition coefficient (Wildman–Crippen LogP) is 0.339. The lowest BCUT2D eigenvalue weighted by atomic mass is 10.0. The van der Waals surface area contributed by atoms with Crippen molar-refractivity contribution in [3.63, 3.8) is 0 Å². The molecule has 4 heterocycles. The Labute approximate surface area is 211 Å². The number of nitrogens with zero attached hydrogens (tertiary/aromatic N) is 7. The van der Waals surface area contributed by atoms with Crippen LogP contribution in [0, 0.1) is 0 Å². The van der Waals surface area contributed by atoms with E-state index >= 15 is 0 Å². The molecule has 3 N–H and O–H groups in total. The summed E-state index contributed by atoms with van der Waals surface area (Å²) in [6, 6.07) is 2.30. The van der Waals surface area contributed by atoms with Gasteiger partial charge in [0.05, 0.1) is 39.5 Å². The number of nitrogens with one attached hydrogen (secondary N) is 2. The van der Waals surface area contributed by atoms with E-state index in [0.717, 1.165) is 62.9 Å². The van der Waals surface area contributed by atoms with Gasteiger partial charge in [0.1, 0.15) is 17.3 Å². The molecule has 0 atom stereocenters. The Morgan fingerprint density at radius 2 is 2.00 bits per heavy atom. The Hall–Kier alpha value is -3.03. The van der Waals surface area contributed by atoms with Crippen LogP contribution in [0.3, 0.4) is 0 Å². The number of likely N-dealkylation sites (tertiary alicyclic amines) is 1. The van der Waals surface area contributed by atoms with Crippen LogP contribution < -0.4 is 15.5 Å². The van der Waals surface area contributed by atoms with Crippen LogP contribution in [0.1, 0.15) is 31.4 Å². The molecule has 4 rings (SSSR count). The number of rotatable bonds is 12. The van der Waals surface area contributed by atoms with Gasteiger partial charge in [0.2, 0.25) is 5.95 Å². The molecule has 2 aromatic rings. The molecule has 0 spiro atoms. The highest BCUT2D eigenvalue weighted by atomic mass is 16.5. The number of carbonyl (C=O) groups is 1. The van der Waals surface area contributed by atoms with Gasteiger partial charge in [-0.1, -0.05) is 5.21 Å². The molecule has 36 heavy (non-hydrogen) atoms. The number of esters is 1. The Morgan fingerprint density at radius 3 is 2.75 bits per heavy atom. The van der Waals surface area contributed by atoms with Crippen molar-refractivity contribution in [1.29, 1.82) is 0 Å². The number of aliphatic hydroxyl groups is 1. The summed E-state index contributed by atoms with van der Waals surface area (Å²) in [7, 11) is 1.43. The van der Waals surface area contributed by atoms with E-state index in [4.69, 9.17) is 24.5 Å². The lowest BCUT2D eigenvalue weighted by molar-refractivity contribution is -0.141. The highest BCUT2D eigenvalue weighted by molar-refractivity contribution is 5.69. The van der Waals surface area contributed by atoms with Crippen LogP contribution in [-0.2, 0) is 27.4 Å². The Bertz CT molecular complexity index is 959. The average molecular weight is 504 g/mol. The van der Waals surface area contributed by atoms with E-state index in [2.05, 4.69) is 30.7 Å². The summed E-state index contributed by atoms with van der Waals surface area (Å²) in [5.41, 5.74) is 0.780. The number of ether oxygens (including phenoxy) is 2. The van der Waals surface area contributed by atoms with Crippen LogP contribution in [0.5, 0.6) is 0 Å². The molecule has 0 unspecified atom stereocenters. The van der Waals surface area contributed by atoms with E-state index in [1.807, 2.05) is 12.3 Å². The number of methoxy groups -OCH3 is 1. The van der Waals surface area contributed by atoms with E-state index in [9.17, 15) is 4.79 Å². The first-order valence-corrected chi connectivity index (χ1v) is 12.6. The summed E-state index contributed by atoms with van der Waals surface area (Å²) in [6.45, 7) is 6.70. The van der Waals surface area contributed by atoms with Gasteiger partial charge in [-0.2, -0.15) is 9.97 Å². The molecule has 0 aliphatic carbocycles. The molecule has 2 fully saturated rings. The molecule has 2 saturated heterocycles. The molecule has 0 saturated carbocycles. The standard InChI is InChI=1S/C23H37N9O4/c1-35-22(34)5-9-30-7-3-18(4-8-30)25-20-15-21(31-10-13-36-14-11-31)27-23(26-20)24-16-19-17-32(29-28-19)6-2-12-33/h15,17-18,33H,2-14,16H2,1H3,(H2,24,25,26,27). The molecular weight excluding hydrogens is 466 g/mol. The number of anilines is 3. The highest BCUT2D eigenvalue weighted by Gasteiger charge is 2.21. The first-order valence-electron chi connectivity index (χ1n) is 12.6. The summed E-state index contributed by atoms with van der Waals surface area (Å²) in [6.07, 6.45) is 4.87. The summed E-state index contributed by atoms with van der Waals surface area (Å²) in [5.74, 6) is 2.01. The zero-order valence-corrected chi connectivity index (χ0v) is 20.9. The summed E-state index contributed by atoms with van der Waals surface area (Å²) >= 11 is 0. The number of morpholine rings is 1. The molecule has 2 aliphatic heterocycles. The highest BCUT2D eigenvalue weighted by Crippen LogP contribution is 2.22. The van der Waals surface area contributed by atoms with Gasteiger partial charge in [-0.05, 0) is 19.3 Å². The Balaban J connectivity index is 1.37. The summed E-state index contributed by atoms with van der Waals surface area (Å²) < 4.78 is 12.0. The molecule has 0 bridgehead atoms. The maximum absolute atomic E-state index is 11.4. The SMILES string of the molecule is COC(=O)CCN1CCC(Nc2cc(N3CCOCC3)nc(NCc3cn(CCCO)nn3)n2)CC1. The van der Waals surface area contributed by atoms with Crippen molar-refractivity contribution in [2.24, 2.45) is 0 Å². The third-order valence-corrected chi connectivity index (χ3v) is 6.41. The third-order valence-electron chi connectivity index (χ3n) is 6.41. The van der Waals surface area contributed by atoms with Gasteiger partial charge in [-0.25, -0.2) is 0 Å². The smallest absolute Gasteiger partial charge is 0.306 e. The van der Waals surface area contributed by atoms with Gasteiger partial charge in [0.25, 0.3) is 0 Å². The molecule has 198 valence electrons. The van der Waals surface area contributed by atoms with Crippen LogP contribution in [0.2, 0.25) is 0 Å². The maximum Gasteiger partial charge on any atom is 0.306 e. The third kappa shape index (κ3) is 7.73. The average Bonchev–Trinajstić information content (AvgIpc) is 3.38. The molecule has 13 nitrogen and oxygen atoms in total. The normalized spacial score (nSPS) is 17.2. The van der Waals surface area contributed by atoms with Crippen LogP contribution in [0.4, 0.5) is 17.6 Å². The van der Waals surface area contributed by atoms with Crippen LogP contribution in [0.15, 0.2) is 12.3 Å². The van der Waals surface area contributed by atoms with Crippen molar-refractivity contribution in [1.82, 2.24) is 29.9 Å². The van der Waals surface area contributed by atoms with E-state index in [1.54, 1.807) is 4.68 Å². The molecular formula is C23H37N9O4.